The van der Waals surface area contributed by atoms with E-state index in [0.717, 1.165) is 6.04 Å². The number of rotatable bonds is 1. The maximum atomic E-state index is 3.59. The number of benzene rings is 1. The van der Waals surface area contributed by atoms with E-state index in [0.29, 0.717) is 0 Å². The number of likely N-dealkylation sites (tertiary alicyclic amines) is 1. The summed E-state index contributed by atoms with van der Waals surface area (Å²) >= 11 is 3.59. The van der Waals surface area contributed by atoms with Gasteiger partial charge in [-0.15, -0.1) is 0 Å². The van der Waals surface area contributed by atoms with Crippen molar-refractivity contribution in [3.05, 3.63) is 33.8 Å². The first-order valence-corrected chi connectivity index (χ1v) is 7.63. The number of halogens is 1. The van der Waals surface area contributed by atoms with Gasteiger partial charge in [-0.1, -0.05) is 22.0 Å². The van der Waals surface area contributed by atoms with Crippen LogP contribution in [0.3, 0.4) is 0 Å². The first kappa shape index (κ1) is 11.7. The number of fused-ring (bicyclic) bond motifs is 1. The summed E-state index contributed by atoms with van der Waals surface area (Å²) in [5, 5.41) is 0. The summed E-state index contributed by atoms with van der Waals surface area (Å²) < 4.78 is 1.23. The van der Waals surface area contributed by atoms with E-state index in [1.807, 2.05) is 0 Å². The topological polar surface area (TPSA) is 3.24 Å². The zero-order chi connectivity index (χ0) is 11.7. The molecule has 0 radical (unpaired) electrons. The third-order valence-corrected chi connectivity index (χ3v) is 4.81. The van der Waals surface area contributed by atoms with Crippen LogP contribution in [0.2, 0.25) is 0 Å². The molecule has 0 amide bonds. The summed E-state index contributed by atoms with van der Waals surface area (Å²) in [6.07, 6.45) is 8.06. The van der Waals surface area contributed by atoms with Crippen LogP contribution in [0, 0.1) is 0 Å². The highest BCUT2D eigenvalue weighted by Gasteiger charge is 2.24. The molecule has 0 spiro atoms. The Labute approximate surface area is 112 Å². The lowest BCUT2D eigenvalue weighted by Crippen LogP contribution is -2.32. The predicted molar refractivity (Wildman–Crippen MR) is 75.4 cm³/mol. The third kappa shape index (κ3) is 2.58. The Hall–Kier alpha value is -0.340. The molecule has 1 nitrogen and oxygen atoms in total. The molecular weight excluding hydrogens is 274 g/mol. The van der Waals surface area contributed by atoms with Gasteiger partial charge in [0.1, 0.15) is 0 Å². The molecule has 0 aromatic heterocycles. The smallest absolute Gasteiger partial charge is 0.0178 e. The van der Waals surface area contributed by atoms with E-state index >= 15 is 0 Å². The number of nitrogens with zero attached hydrogens (tertiary/aromatic N) is 1. The standard InChI is InChI=1S/C15H20BrN/c16-14-6-3-12-4-7-15(8-5-13(12)11-14)17-9-1-2-10-17/h3,6,11,15H,1-2,4-5,7-10H2/t15-/m0/s1. The molecule has 17 heavy (non-hydrogen) atoms. The monoisotopic (exact) mass is 293 g/mol. The summed E-state index contributed by atoms with van der Waals surface area (Å²) in [5.74, 6) is 0. The highest BCUT2D eigenvalue weighted by atomic mass is 79.9. The minimum absolute atomic E-state index is 0.837. The lowest BCUT2D eigenvalue weighted by atomic mass is 10.0. The second kappa shape index (κ2) is 5.11. The molecule has 1 atom stereocenters. The van der Waals surface area contributed by atoms with Crippen LogP contribution in [0.25, 0.3) is 0 Å². The van der Waals surface area contributed by atoms with E-state index in [1.54, 1.807) is 11.1 Å². The number of aryl methyl sites for hydroxylation is 2. The van der Waals surface area contributed by atoms with Crippen molar-refractivity contribution in [1.82, 2.24) is 4.90 Å². The number of hydrogen-bond acceptors (Lipinski definition) is 1. The maximum Gasteiger partial charge on any atom is 0.0178 e. The Morgan fingerprint density at radius 1 is 1.00 bits per heavy atom. The lowest BCUT2D eigenvalue weighted by molar-refractivity contribution is 0.222. The van der Waals surface area contributed by atoms with Gasteiger partial charge in [-0.05, 0) is 74.9 Å². The molecule has 0 unspecified atom stereocenters. The van der Waals surface area contributed by atoms with Gasteiger partial charge in [0.15, 0.2) is 0 Å². The molecule has 1 aliphatic heterocycles. The largest absolute Gasteiger partial charge is 0.300 e. The van der Waals surface area contributed by atoms with E-state index in [4.69, 9.17) is 0 Å². The van der Waals surface area contributed by atoms with Crippen LogP contribution < -0.4 is 0 Å². The van der Waals surface area contributed by atoms with Gasteiger partial charge < -0.3 is 4.90 Å². The van der Waals surface area contributed by atoms with Crippen LogP contribution in [0.5, 0.6) is 0 Å². The molecule has 0 N–H and O–H groups in total. The van der Waals surface area contributed by atoms with Crippen molar-refractivity contribution in [3.8, 4) is 0 Å². The lowest BCUT2D eigenvalue weighted by Gasteiger charge is -2.25. The third-order valence-electron chi connectivity index (χ3n) is 4.32. The second-order valence-electron chi connectivity index (χ2n) is 5.39. The Bertz CT molecular complexity index is 396. The molecule has 1 aromatic rings. The van der Waals surface area contributed by atoms with Crippen LogP contribution in [-0.4, -0.2) is 24.0 Å². The predicted octanol–water partition coefficient (Wildman–Crippen LogP) is 3.79. The van der Waals surface area contributed by atoms with Gasteiger partial charge in [-0.25, -0.2) is 0 Å². The molecule has 0 bridgehead atoms. The summed E-state index contributed by atoms with van der Waals surface area (Å²) in [5.41, 5.74) is 3.15. The van der Waals surface area contributed by atoms with Crippen molar-refractivity contribution in [2.45, 2.75) is 44.6 Å². The summed E-state index contributed by atoms with van der Waals surface area (Å²) in [6, 6.07) is 7.66. The van der Waals surface area contributed by atoms with Crippen LogP contribution in [0.1, 0.15) is 36.8 Å². The molecule has 1 saturated heterocycles. The van der Waals surface area contributed by atoms with Crippen LogP contribution >= 0.6 is 15.9 Å². The highest BCUT2D eigenvalue weighted by Crippen LogP contribution is 2.27. The Morgan fingerprint density at radius 2 is 1.71 bits per heavy atom. The molecule has 2 heteroatoms. The Kier molecular flexibility index (Phi) is 3.53. The first-order valence-electron chi connectivity index (χ1n) is 6.84. The fourth-order valence-corrected chi connectivity index (χ4v) is 3.74. The van der Waals surface area contributed by atoms with Crippen molar-refractivity contribution in [2.75, 3.05) is 13.1 Å². The Balaban J connectivity index is 1.74. The number of hydrogen-bond donors (Lipinski definition) is 0. The molecule has 92 valence electrons. The molecule has 1 fully saturated rings. The molecule has 2 aliphatic rings. The normalized spacial score (nSPS) is 25.6. The molecular formula is C15H20BrN. The van der Waals surface area contributed by atoms with Gasteiger partial charge in [0.2, 0.25) is 0 Å². The van der Waals surface area contributed by atoms with Crippen molar-refractivity contribution in [1.29, 1.82) is 0 Å². The van der Waals surface area contributed by atoms with Gasteiger partial charge in [0.25, 0.3) is 0 Å². The summed E-state index contributed by atoms with van der Waals surface area (Å²) in [6.45, 7) is 2.68. The van der Waals surface area contributed by atoms with E-state index in [1.165, 1.54) is 56.1 Å². The van der Waals surface area contributed by atoms with Crippen LogP contribution in [0.4, 0.5) is 0 Å². The van der Waals surface area contributed by atoms with Crippen molar-refractivity contribution in [3.63, 3.8) is 0 Å². The molecule has 3 rings (SSSR count). The molecule has 1 heterocycles. The molecule has 1 aromatic carbocycles. The van der Waals surface area contributed by atoms with Crippen LogP contribution in [0.15, 0.2) is 22.7 Å². The zero-order valence-electron chi connectivity index (χ0n) is 10.3. The fraction of sp³-hybridized carbons (Fsp3) is 0.600. The quantitative estimate of drug-likeness (QED) is 0.712. The van der Waals surface area contributed by atoms with E-state index in [9.17, 15) is 0 Å². The minimum Gasteiger partial charge on any atom is -0.300 e. The van der Waals surface area contributed by atoms with Crippen molar-refractivity contribution >= 4 is 15.9 Å². The average molecular weight is 294 g/mol. The van der Waals surface area contributed by atoms with E-state index in [2.05, 4.69) is 39.0 Å². The van der Waals surface area contributed by atoms with Gasteiger partial charge in [-0.2, -0.15) is 0 Å². The van der Waals surface area contributed by atoms with Crippen LogP contribution in [-0.2, 0) is 12.8 Å². The van der Waals surface area contributed by atoms with E-state index < -0.39 is 0 Å². The van der Waals surface area contributed by atoms with Gasteiger partial charge in [0.05, 0.1) is 0 Å². The average Bonchev–Trinajstić information content (AvgIpc) is 2.77. The van der Waals surface area contributed by atoms with Crippen molar-refractivity contribution < 1.29 is 0 Å². The molecule has 0 saturated carbocycles. The highest BCUT2D eigenvalue weighted by molar-refractivity contribution is 9.10. The Morgan fingerprint density at radius 3 is 2.47 bits per heavy atom. The second-order valence-corrected chi connectivity index (χ2v) is 6.30. The SMILES string of the molecule is Brc1ccc2c(c1)CC[C@@H](N1CCCC1)CC2. The fourth-order valence-electron chi connectivity index (χ4n) is 3.33. The maximum absolute atomic E-state index is 3.59. The molecule has 1 aliphatic carbocycles. The minimum atomic E-state index is 0.837. The van der Waals surface area contributed by atoms with Gasteiger partial charge in [-0.3, -0.25) is 0 Å². The van der Waals surface area contributed by atoms with Crippen molar-refractivity contribution in [2.24, 2.45) is 0 Å². The first-order chi connectivity index (χ1) is 8.33. The van der Waals surface area contributed by atoms with Gasteiger partial charge >= 0.3 is 0 Å². The van der Waals surface area contributed by atoms with Gasteiger partial charge in [0, 0.05) is 10.5 Å². The zero-order valence-corrected chi connectivity index (χ0v) is 11.9. The summed E-state index contributed by atoms with van der Waals surface area (Å²) in [7, 11) is 0. The van der Waals surface area contributed by atoms with E-state index in [-0.39, 0.29) is 0 Å². The summed E-state index contributed by atoms with van der Waals surface area (Å²) in [4.78, 5) is 2.72.